The van der Waals surface area contributed by atoms with Crippen molar-refractivity contribution in [1.29, 1.82) is 0 Å². The van der Waals surface area contributed by atoms with Gasteiger partial charge in [-0.25, -0.2) is 0 Å². The van der Waals surface area contributed by atoms with E-state index < -0.39 is 5.41 Å². The molecule has 0 spiro atoms. The zero-order valence-corrected chi connectivity index (χ0v) is 14.1. The molecule has 0 saturated heterocycles. The molecule has 120 valence electrons. The molecule has 1 aliphatic rings. The number of rotatable bonds is 5. The van der Waals surface area contributed by atoms with Gasteiger partial charge in [-0.3, -0.25) is 9.59 Å². The van der Waals surface area contributed by atoms with Crippen LogP contribution in [0.15, 0.2) is 11.6 Å². The highest BCUT2D eigenvalue weighted by atomic mass is 16.5. The van der Waals surface area contributed by atoms with Crippen LogP contribution < -0.4 is 0 Å². The van der Waals surface area contributed by atoms with Crippen LogP contribution in [0.5, 0.6) is 0 Å². The molecule has 21 heavy (non-hydrogen) atoms. The minimum Gasteiger partial charge on any atom is -0.465 e. The van der Waals surface area contributed by atoms with Crippen molar-refractivity contribution in [3.63, 3.8) is 0 Å². The molecule has 0 unspecified atom stereocenters. The fourth-order valence-electron chi connectivity index (χ4n) is 3.01. The second-order valence-electron chi connectivity index (χ2n) is 7.06. The summed E-state index contributed by atoms with van der Waals surface area (Å²) >= 11 is 0. The Morgan fingerprint density at radius 1 is 1.10 bits per heavy atom. The second kappa shape index (κ2) is 6.63. The molecule has 0 aromatic carbocycles. The highest BCUT2D eigenvalue weighted by Gasteiger charge is 2.40. The maximum atomic E-state index is 11.2. The van der Waals surface area contributed by atoms with Gasteiger partial charge in [-0.05, 0) is 24.2 Å². The lowest BCUT2D eigenvalue weighted by atomic mass is 9.64. The van der Waals surface area contributed by atoms with Gasteiger partial charge in [-0.2, -0.15) is 0 Å². The summed E-state index contributed by atoms with van der Waals surface area (Å²) < 4.78 is 10.5. The quantitative estimate of drug-likeness (QED) is 0.575. The van der Waals surface area contributed by atoms with E-state index in [9.17, 15) is 9.59 Å². The summed E-state index contributed by atoms with van der Waals surface area (Å²) in [5.74, 6) is -0.197. The average molecular weight is 296 g/mol. The lowest BCUT2D eigenvalue weighted by molar-refractivity contribution is -0.150. The Bertz CT molecular complexity index is 414. The first kappa shape index (κ1) is 17.7. The summed E-state index contributed by atoms with van der Waals surface area (Å²) in [5, 5.41) is 0. The van der Waals surface area contributed by atoms with Crippen LogP contribution in [0, 0.1) is 16.7 Å². The highest BCUT2D eigenvalue weighted by molar-refractivity contribution is 5.66. The standard InChI is InChI=1S/C17H28O4/c1-12(2)15-9-17(10-20-13(3)18,11-21-14(4)19)8-7-16(15,5)6/h9,12H,7-8,10-11H2,1-6H3. The summed E-state index contributed by atoms with van der Waals surface area (Å²) in [7, 11) is 0. The van der Waals surface area contributed by atoms with Gasteiger partial charge in [0.15, 0.2) is 0 Å². The number of carbonyl (C=O) groups excluding carboxylic acids is 2. The predicted molar refractivity (Wildman–Crippen MR) is 81.6 cm³/mol. The van der Waals surface area contributed by atoms with Crippen molar-refractivity contribution >= 4 is 11.9 Å². The van der Waals surface area contributed by atoms with Crippen molar-refractivity contribution in [1.82, 2.24) is 0 Å². The normalized spacial score (nSPS) is 19.9. The van der Waals surface area contributed by atoms with Crippen molar-refractivity contribution in [3.05, 3.63) is 11.6 Å². The fraction of sp³-hybridized carbons (Fsp3) is 0.765. The van der Waals surface area contributed by atoms with Crippen molar-refractivity contribution in [2.24, 2.45) is 16.7 Å². The number of allylic oxidation sites excluding steroid dienone is 1. The van der Waals surface area contributed by atoms with Crippen LogP contribution in [0.1, 0.15) is 54.4 Å². The molecular weight excluding hydrogens is 268 g/mol. The maximum Gasteiger partial charge on any atom is 0.302 e. The van der Waals surface area contributed by atoms with E-state index in [1.165, 1.54) is 19.4 Å². The van der Waals surface area contributed by atoms with E-state index in [0.717, 1.165) is 12.8 Å². The Labute approximate surface area is 127 Å². The van der Waals surface area contributed by atoms with E-state index in [-0.39, 0.29) is 30.6 Å². The SMILES string of the molecule is CC(=O)OCC1(COC(C)=O)C=C(C(C)C)C(C)(C)CC1. The Kier molecular flexibility index (Phi) is 5.60. The first-order valence-electron chi connectivity index (χ1n) is 7.58. The zero-order valence-electron chi connectivity index (χ0n) is 14.1. The maximum absolute atomic E-state index is 11.2. The van der Waals surface area contributed by atoms with E-state index in [1.54, 1.807) is 0 Å². The van der Waals surface area contributed by atoms with Crippen LogP contribution in [-0.4, -0.2) is 25.2 Å². The summed E-state index contributed by atoms with van der Waals surface area (Å²) in [6, 6.07) is 0. The molecule has 4 heteroatoms. The number of esters is 2. The van der Waals surface area contributed by atoms with Crippen LogP contribution in [0.2, 0.25) is 0 Å². The van der Waals surface area contributed by atoms with Gasteiger partial charge < -0.3 is 9.47 Å². The van der Waals surface area contributed by atoms with Gasteiger partial charge in [0.25, 0.3) is 0 Å². The predicted octanol–water partition coefficient (Wildman–Crippen LogP) is 3.50. The minimum atomic E-state index is -0.396. The Morgan fingerprint density at radius 2 is 1.57 bits per heavy atom. The molecule has 0 fully saturated rings. The molecule has 0 saturated carbocycles. The highest BCUT2D eigenvalue weighted by Crippen LogP contribution is 2.47. The van der Waals surface area contributed by atoms with E-state index in [4.69, 9.17) is 9.47 Å². The van der Waals surface area contributed by atoms with Gasteiger partial charge in [-0.15, -0.1) is 0 Å². The van der Waals surface area contributed by atoms with Crippen molar-refractivity contribution in [3.8, 4) is 0 Å². The molecule has 0 aliphatic heterocycles. The number of carbonyl (C=O) groups is 2. The van der Waals surface area contributed by atoms with Crippen molar-refractivity contribution < 1.29 is 19.1 Å². The van der Waals surface area contributed by atoms with Crippen LogP contribution in [0.3, 0.4) is 0 Å². The molecule has 0 amide bonds. The van der Waals surface area contributed by atoms with E-state index >= 15 is 0 Å². The third kappa shape index (κ3) is 4.87. The molecule has 1 rings (SSSR count). The van der Waals surface area contributed by atoms with E-state index in [0.29, 0.717) is 5.92 Å². The molecular formula is C17H28O4. The third-order valence-corrected chi connectivity index (χ3v) is 4.24. The third-order valence-electron chi connectivity index (χ3n) is 4.24. The lowest BCUT2D eigenvalue weighted by Gasteiger charge is -2.43. The smallest absolute Gasteiger partial charge is 0.302 e. The second-order valence-corrected chi connectivity index (χ2v) is 7.06. The minimum absolute atomic E-state index is 0.129. The Morgan fingerprint density at radius 3 is 1.95 bits per heavy atom. The van der Waals surface area contributed by atoms with E-state index in [1.807, 2.05) is 0 Å². The van der Waals surface area contributed by atoms with Crippen LogP contribution in [0.4, 0.5) is 0 Å². The molecule has 0 aromatic rings. The fourth-order valence-corrected chi connectivity index (χ4v) is 3.01. The van der Waals surface area contributed by atoms with Gasteiger partial charge in [0, 0.05) is 13.8 Å². The topological polar surface area (TPSA) is 52.6 Å². The number of hydrogen-bond donors (Lipinski definition) is 0. The summed E-state index contributed by atoms with van der Waals surface area (Å²) in [4.78, 5) is 22.3. The lowest BCUT2D eigenvalue weighted by Crippen LogP contribution is -2.39. The molecule has 1 aliphatic carbocycles. The van der Waals surface area contributed by atoms with Gasteiger partial charge in [-0.1, -0.05) is 39.3 Å². The number of ether oxygens (including phenoxy) is 2. The summed E-state index contributed by atoms with van der Waals surface area (Å²) in [6.45, 7) is 12.1. The van der Waals surface area contributed by atoms with Crippen LogP contribution >= 0.6 is 0 Å². The average Bonchev–Trinajstić information content (AvgIpc) is 2.35. The largest absolute Gasteiger partial charge is 0.465 e. The first-order chi connectivity index (χ1) is 9.58. The van der Waals surface area contributed by atoms with Crippen molar-refractivity contribution in [2.45, 2.75) is 54.4 Å². The van der Waals surface area contributed by atoms with Crippen molar-refractivity contribution in [2.75, 3.05) is 13.2 Å². The van der Waals surface area contributed by atoms with Crippen LogP contribution in [0.25, 0.3) is 0 Å². The molecule has 0 atom stereocenters. The number of hydrogen-bond acceptors (Lipinski definition) is 4. The molecule has 0 N–H and O–H groups in total. The van der Waals surface area contributed by atoms with Gasteiger partial charge in [0.1, 0.15) is 13.2 Å². The first-order valence-corrected chi connectivity index (χ1v) is 7.58. The van der Waals surface area contributed by atoms with Gasteiger partial charge in [0.05, 0.1) is 5.41 Å². The van der Waals surface area contributed by atoms with E-state index in [2.05, 4.69) is 33.8 Å². The summed E-state index contributed by atoms with van der Waals surface area (Å²) in [5.41, 5.74) is 1.07. The van der Waals surface area contributed by atoms with Crippen LogP contribution in [-0.2, 0) is 19.1 Å². The molecule has 0 bridgehead atoms. The monoisotopic (exact) mass is 296 g/mol. The molecule has 0 aromatic heterocycles. The Balaban J connectivity index is 3.07. The van der Waals surface area contributed by atoms with Gasteiger partial charge >= 0.3 is 11.9 Å². The molecule has 4 nitrogen and oxygen atoms in total. The zero-order chi connectivity index (χ0) is 16.3. The Hall–Kier alpha value is -1.32. The van der Waals surface area contributed by atoms with Gasteiger partial charge in [0.2, 0.25) is 0 Å². The molecule has 0 heterocycles. The molecule has 0 radical (unpaired) electrons. The summed E-state index contributed by atoms with van der Waals surface area (Å²) in [6.07, 6.45) is 4.02.